The number of alkyl halides is 3. The fraction of sp³-hybridized carbons (Fsp3) is 0.385. The first-order chi connectivity index (χ1) is 7.99. The van der Waals surface area contributed by atoms with Crippen LogP contribution in [0.4, 0.5) is 13.2 Å². The van der Waals surface area contributed by atoms with E-state index in [1.165, 1.54) is 0 Å². The molecule has 1 aromatic heterocycles. The van der Waals surface area contributed by atoms with Crippen LogP contribution in [0.25, 0.3) is 10.1 Å². The van der Waals surface area contributed by atoms with E-state index in [0.717, 1.165) is 17.4 Å². The highest BCUT2D eigenvalue weighted by molar-refractivity contribution is 7.38. The van der Waals surface area contributed by atoms with Crippen molar-refractivity contribution in [2.75, 3.05) is 0 Å². The summed E-state index contributed by atoms with van der Waals surface area (Å²) < 4.78 is 39.7. The minimum atomic E-state index is -4.15. The molecule has 17 heavy (non-hydrogen) atoms. The van der Waals surface area contributed by atoms with Crippen LogP contribution in [0.2, 0.25) is 0 Å². The van der Waals surface area contributed by atoms with Gasteiger partial charge in [-0.3, -0.25) is 0 Å². The Morgan fingerprint density at radius 2 is 1.82 bits per heavy atom. The molecular weight excluding hydrogens is 245 g/mol. The van der Waals surface area contributed by atoms with E-state index in [1.807, 2.05) is 13.0 Å². The van der Waals surface area contributed by atoms with E-state index in [1.54, 1.807) is 25.1 Å². The lowest BCUT2D eigenvalue weighted by atomic mass is 10.1. The van der Waals surface area contributed by atoms with Gasteiger partial charge in [-0.15, -0.1) is 13.2 Å². The van der Waals surface area contributed by atoms with Gasteiger partial charge in [0.25, 0.3) is 0 Å². The highest BCUT2D eigenvalue weighted by atomic mass is 32.2. The Bertz CT molecular complexity index is 537. The molecule has 0 spiro atoms. The second-order valence-corrected chi connectivity index (χ2v) is 5.94. The maximum Gasteiger partial charge on any atom is 0.600 e. The number of benzene rings is 1. The van der Waals surface area contributed by atoms with Crippen LogP contribution in [0.1, 0.15) is 24.3 Å². The van der Waals surface area contributed by atoms with Crippen LogP contribution in [0.15, 0.2) is 24.3 Å². The Morgan fingerprint density at radius 3 is 2.35 bits per heavy atom. The topological polar surface area (TPSA) is 0 Å². The molecule has 0 bridgehead atoms. The second-order valence-electron chi connectivity index (χ2n) is 3.90. The van der Waals surface area contributed by atoms with E-state index in [9.17, 15) is 13.2 Å². The molecular formula is C13H14F3S+. The second kappa shape index (κ2) is 4.33. The van der Waals surface area contributed by atoms with Crippen LogP contribution in [-0.4, -0.2) is 0 Å². The van der Waals surface area contributed by atoms with E-state index in [0.29, 0.717) is 16.0 Å². The summed E-state index contributed by atoms with van der Waals surface area (Å²) in [6.07, 6.45) is 1.23. The van der Waals surface area contributed by atoms with Crippen LogP contribution in [-0.2, 0) is 18.3 Å². The van der Waals surface area contributed by atoms with Crippen molar-refractivity contribution in [2.24, 2.45) is 0 Å². The molecule has 0 saturated carbocycles. The monoisotopic (exact) mass is 259 g/mol. The smallest absolute Gasteiger partial charge is 0.118 e. The van der Waals surface area contributed by atoms with Gasteiger partial charge in [-0.05, 0) is 18.1 Å². The first-order valence-electron chi connectivity index (χ1n) is 5.62. The van der Waals surface area contributed by atoms with Gasteiger partial charge in [0, 0.05) is 17.9 Å². The zero-order valence-corrected chi connectivity index (χ0v) is 10.6. The van der Waals surface area contributed by atoms with Crippen molar-refractivity contribution in [1.29, 1.82) is 0 Å². The molecule has 0 fully saturated rings. The first kappa shape index (κ1) is 12.4. The molecule has 4 heteroatoms. The third kappa shape index (κ3) is 2.06. The summed E-state index contributed by atoms with van der Waals surface area (Å²) in [4.78, 5) is 0.508. The lowest BCUT2D eigenvalue weighted by Gasteiger charge is -1.99. The van der Waals surface area contributed by atoms with E-state index in [-0.39, 0.29) is 0 Å². The number of hydrogen-bond donors (Lipinski definition) is 0. The number of fused-ring (bicyclic) bond motifs is 1. The molecule has 0 radical (unpaired) electrons. The largest absolute Gasteiger partial charge is 0.600 e. The fourth-order valence-corrected chi connectivity index (χ4v) is 4.10. The summed E-state index contributed by atoms with van der Waals surface area (Å²) in [5, 5.41) is 0.799. The van der Waals surface area contributed by atoms with Crippen LogP contribution >= 0.6 is 10.5 Å². The lowest BCUT2D eigenvalue weighted by Crippen LogP contribution is -1.97. The molecule has 92 valence electrons. The van der Waals surface area contributed by atoms with Crippen molar-refractivity contribution in [3.63, 3.8) is 0 Å². The van der Waals surface area contributed by atoms with Crippen LogP contribution in [0.5, 0.6) is 0 Å². The maximum atomic E-state index is 13.1. The Hall–Kier alpha value is -1.03. The molecule has 1 unspecified atom stereocenters. The molecule has 0 saturated heterocycles. The Kier molecular flexibility index (Phi) is 3.17. The van der Waals surface area contributed by atoms with Gasteiger partial charge in [-0.1, -0.05) is 26.0 Å². The highest BCUT2D eigenvalue weighted by Gasteiger charge is 2.47. The van der Waals surface area contributed by atoms with Crippen molar-refractivity contribution in [3.05, 3.63) is 34.7 Å². The summed E-state index contributed by atoms with van der Waals surface area (Å²) in [7, 11) is -1.71. The molecule has 0 amide bonds. The van der Waals surface area contributed by atoms with E-state index >= 15 is 0 Å². The molecule has 1 heterocycles. The summed E-state index contributed by atoms with van der Waals surface area (Å²) in [6, 6.07) is 7.00. The Balaban J connectivity index is 2.81. The van der Waals surface area contributed by atoms with Crippen LogP contribution in [0, 0.1) is 0 Å². The van der Waals surface area contributed by atoms with Crippen molar-refractivity contribution in [1.82, 2.24) is 0 Å². The van der Waals surface area contributed by atoms with Gasteiger partial charge < -0.3 is 0 Å². The predicted octanol–water partition coefficient (Wildman–Crippen LogP) is 5.19. The van der Waals surface area contributed by atoms with Crippen molar-refractivity contribution >= 4 is 20.6 Å². The van der Waals surface area contributed by atoms with Gasteiger partial charge in [-0.2, -0.15) is 0 Å². The summed E-state index contributed by atoms with van der Waals surface area (Å²) in [5.74, 6) is 0. The van der Waals surface area contributed by atoms with E-state index in [2.05, 4.69) is 0 Å². The number of rotatable bonds is 2. The quantitative estimate of drug-likeness (QED) is 0.651. The van der Waals surface area contributed by atoms with Gasteiger partial charge in [0.05, 0.1) is 10.5 Å². The maximum absolute atomic E-state index is 13.1. The molecule has 2 rings (SSSR count). The van der Waals surface area contributed by atoms with Gasteiger partial charge in [0.2, 0.25) is 0 Å². The van der Waals surface area contributed by atoms with Crippen LogP contribution in [0.3, 0.4) is 0 Å². The third-order valence-corrected chi connectivity index (χ3v) is 5.09. The lowest BCUT2D eigenvalue weighted by molar-refractivity contribution is -0.0867. The van der Waals surface area contributed by atoms with Crippen molar-refractivity contribution in [3.8, 4) is 0 Å². The molecule has 0 aliphatic heterocycles. The van der Waals surface area contributed by atoms with Gasteiger partial charge >= 0.3 is 5.51 Å². The van der Waals surface area contributed by atoms with E-state index in [4.69, 9.17) is 0 Å². The molecule has 0 aliphatic rings. The minimum Gasteiger partial charge on any atom is -0.118 e. The average molecular weight is 259 g/mol. The highest BCUT2D eigenvalue weighted by Crippen LogP contribution is 2.51. The molecule has 1 aromatic carbocycles. The molecule has 2 aromatic rings. The van der Waals surface area contributed by atoms with Crippen molar-refractivity contribution in [2.45, 2.75) is 32.2 Å². The summed E-state index contributed by atoms with van der Waals surface area (Å²) in [5.41, 5.74) is -3.15. The van der Waals surface area contributed by atoms with E-state index < -0.39 is 16.0 Å². The Labute approximate surface area is 101 Å². The number of hydrogen-bond acceptors (Lipinski definition) is 0. The fourth-order valence-electron chi connectivity index (χ4n) is 2.12. The number of thiophene rings is 1. The SMILES string of the molecule is CCc1cccc2c1cc(CC)[s+]2C(F)(F)F. The molecule has 0 nitrogen and oxygen atoms in total. The van der Waals surface area contributed by atoms with Gasteiger partial charge in [0.15, 0.2) is 9.58 Å². The zero-order chi connectivity index (χ0) is 12.6. The standard InChI is InChI=1S/C13H14F3S/c1-3-9-6-5-7-12-11(9)8-10(4-2)17(12)13(14,15)16/h5-8H,3-4H2,1-2H3/q+1. The minimum absolute atomic E-state index is 0.453. The first-order valence-corrected chi connectivity index (χ1v) is 6.85. The normalized spacial score (nSPS) is 13.4. The molecule has 1 atom stereocenters. The average Bonchev–Trinajstić information content (AvgIpc) is 2.66. The van der Waals surface area contributed by atoms with Gasteiger partial charge in [-0.25, -0.2) is 0 Å². The zero-order valence-electron chi connectivity index (χ0n) is 9.77. The van der Waals surface area contributed by atoms with Crippen molar-refractivity contribution < 1.29 is 13.2 Å². The summed E-state index contributed by atoms with van der Waals surface area (Å²) in [6.45, 7) is 3.76. The van der Waals surface area contributed by atoms with Gasteiger partial charge in [0.1, 0.15) is 0 Å². The van der Waals surface area contributed by atoms with Crippen LogP contribution < -0.4 is 0 Å². The number of aryl methyl sites for hydroxylation is 2. The molecule has 0 aliphatic carbocycles. The summed E-state index contributed by atoms with van der Waals surface area (Å²) >= 11 is 0. The Morgan fingerprint density at radius 1 is 1.12 bits per heavy atom. The number of halogens is 3. The predicted molar refractivity (Wildman–Crippen MR) is 66.5 cm³/mol. The molecule has 0 N–H and O–H groups in total. The third-order valence-electron chi connectivity index (χ3n) is 2.90.